The highest BCUT2D eigenvalue weighted by molar-refractivity contribution is 6.16. The van der Waals surface area contributed by atoms with Gasteiger partial charge < -0.3 is 4.42 Å². The smallest absolute Gasteiger partial charge is 0.250 e. The molecular weight excluding hydrogens is 245 g/mol. The van der Waals surface area contributed by atoms with E-state index in [2.05, 4.69) is 10.2 Å². The minimum atomic E-state index is -1.58. The van der Waals surface area contributed by atoms with Crippen LogP contribution in [0.3, 0.4) is 0 Å². The van der Waals surface area contributed by atoms with Crippen molar-refractivity contribution in [3.8, 4) is 11.5 Å². The van der Waals surface area contributed by atoms with E-state index in [1.807, 2.05) is 0 Å². The first-order valence-electron chi connectivity index (χ1n) is 4.15. The lowest BCUT2D eigenvalue weighted by atomic mass is 10.2. The Hall–Kier alpha value is -1.56. The Balaban J connectivity index is 2.52. The molecule has 0 N–H and O–H groups in total. The van der Waals surface area contributed by atoms with Crippen molar-refractivity contribution in [1.29, 1.82) is 0 Å². The molecule has 2 rings (SSSR count). The number of alkyl halides is 1. The van der Waals surface area contributed by atoms with Crippen LogP contribution in [0.4, 0.5) is 13.2 Å². The summed E-state index contributed by atoms with van der Waals surface area (Å²) in [4.78, 5) is 0. The van der Waals surface area contributed by atoms with Crippen molar-refractivity contribution in [2.75, 3.05) is 0 Å². The topological polar surface area (TPSA) is 38.9 Å². The molecule has 1 aromatic heterocycles. The monoisotopic (exact) mass is 248 g/mol. The molecule has 84 valence electrons. The van der Waals surface area contributed by atoms with E-state index in [0.717, 1.165) is 12.1 Å². The molecule has 16 heavy (non-hydrogen) atoms. The van der Waals surface area contributed by atoms with E-state index in [4.69, 9.17) is 16.0 Å². The largest absolute Gasteiger partial charge is 0.419 e. The third kappa shape index (κ3) is 1.76. The van der Waals surface area contributed by atoms with E-state index in [1.54, 1.807) is 0 Å². The summed E-state index contributed by atoms with van der Waals surface area (Å²) in [5.74, 6) is -4.45. The van der Waals surface area contributed by atoms with Crippen LogP contribution in [0.25, 0.3) is 11.5 Å². The third-order valence-electron chi connectivity index (χ3n) is 1.85. The van der Waals surface area contributed by atoms with Crippen LogP contribution >= 0.6 is 11.6 Å². The molecule has 0 unspecified atom stereocenters. The molecule has 1 aromatic carbocycles. The van der Waals surface area contributed by atoms with E-state index < -0.39 is 17.5 Å². The van der Waals surface area contributed by atoms with Gasteiger partial charge in [0.15, 0.2) is 17.5 Å². The van der Waals surface area contributed by atoms with E-state index >= 15 is 0 Å². The van der Waals surface area contributed by atoms with Gasteiger partial charge in [-0.2, -0.15) is 0 Å². The van der Waals surface area contributed by atoms with Gasteiger partial charge in [-0.15, -0.1) is 21.8 Å². The van der Waals surface area contributed by atoms with Gasteiger partial charge in [0.25, 0.3) is 5.89 Å². The molecule has 0 aliphatic heterocycles. The lowest BCUT2D eigenvalue weighted by Crippen LogP contribution is -1.93. The second-order valence-electron chi connectivity index (χ2n) is 2.86. The lowest BCUT2D eigenvalue weighted by Gasteiger charge is -1.99. The fraction of sp³-hybridized carbons (Fsp3) is 0.111. The highest BCUT2D eigenvalue weighted by Gasteiger charge is 2.18. The Bertz CT molecular complexity index is 529. The van der Waals surface area contributed by atoms with E-state index in [-0.39, 0.29) is 23.2 Å². The molecule has 0 atom stereocenters. The molecule has 0 aliphatic carbocycles. The fourth-order valence-electron chi connectivity index (χ4n) is 1.11. The Morgan fingerprint density at radius 2 is 1.88 bits per heavy atom. The van der Waals surface area contributed by atoms with Crippen LogP contribution in [0.15, 0.2) is 16.5 Å². The highest BCUT2D eigenvalue weighted by Crippen LogP contribution is 2.24. The summed E-state index contributed by atoms with van der Waals surface area (Å²) in [6.45, 7) is 0. The van der Waals surface area contributed by atoms with Crippen LogP contribution in [-0.4, -0.2) is 10.2 Å². The quantitative estimate of drug-likeness (QED) is 0.606. The first kappa shape index (κ1) is 10.9. The van der Waals surface area contributed by atoms with Gasteiger partial charge in [-0.1, -0.05) is 0 Å². The molecule has 7 heteroatoms. The molecule has 0 spiro atoms. The van der Waals surface area contributed by atoms with Crippen LogP contribution < -0.4 is 0 Å². The van der Waals surface area contributed by atoms with Crippen molar-refractivity contribution in [3.05, 3.63) is 35.5 Å². The molecule has 1 heterocycles. The molecule has 0 saturated heterocycles. The van der Waals surface area contributed by atoms with Crippen molar-refractivity contribution in [2.24, 2.45) is 0 Å². The van der Waals surface area contributed by atoms with Gasteiger partial charge in [0, 0.05) is 0 Å². The Labute approximate surface area is 92.9 Å². The number of halogens is 4. The number of nitrogens with zero attached hydrogens (tertiary/aromatic N) is 2. The number of benzene rings is 1. The van der Waals surface area contributed by atoms with Crippen LogP contribution in [0.5, 0.6) is 0 Å². The van der Waals surface area contributed by atoms with E-state index in [1.165, 1.54) is 0 Å². The zero-order valence-corrected chi connectivity index (χ0v) is 8.43. The minimum Gasteiger partial charge on any atom is -0.419 e. The summed E-state index contributed by atoms with van der Waals surface area (Å²) in [6, 6.07) is 1.79. The molecule has 2 aromatic rings. The van der Waals surface area contributed by atoms with Crippen LogP contribution in [0.1, 0.15) is 5.89 Å². The average Bonchev–Trinajstić information content (AvgIpc) is 2.74. The van der Waals surface area contributed by atoms with Crippen LogP contribution in [0.2, 0.25) is 0 Å². The molecule has 0 bridgehead atoms. The first-order chi connectivity index (χ1) is 7.63. The summed E-state index contributed by atoms with van der Waals surface area (Å²) < 4.78 is 43.7. The summed E-state index contributed by atoms with van der Waals surface area (Å²) in [6.07, 6.45) is 0. The van der Waals surface area contributed by atoms with Gasteiger partial charge in [0.2, 0.25) is 5.89 Å². The summed E-state index contributed by atoms with van der Waals surface area (Å²) in [5.41, 5.74) is -0.303. The Morgan fingerprint density at radius 3 is 2.50 bits per heavy atom. The molecule has 0 radical (unpaired) electrons. The lowest BCUT2D eigenvalue weighted by molar-refractivity contribution is 0.444. The van der Waals surface area contributed by atoms with E-state index in [0.29, 0.717) is 0 Å². The number of aromatic nitrogens is 2. The van der Waals surface area contributed by atoms with E-state index in [9.17, 15) is 13.2 Å². The first-order valence-corrected chi connectivity index (χ1v) is 4.69. The maximum Gasteiger partial charge on any atom is 0.250 e. The number of hydrogen-bond acceptors (Lipinski definition) is 3. The average molecular weight is 249 g/mol. The Morgan fingerprint density at radius 1 is 1.12 bits per heavy atom. The maximum atomic E-state index is 13.3. The van der Waals surface area contributed by atoms with Crippen molar-refractivity contribution < 1.29 is 17.6 Å². The fourth-order valence-corrected chi connectivity index (χ4v) is 1.22. The zero-order chi connectivity index (χ0) is 11.7. The van der Waals surface area contributed by atoms with Gasteiger partial charge >= 0.3 is 0 Å². The van der Waals surface area contributed by atoms with Gasteiger partial charge in [-0.3, -0.25) is 0 Å². The van der Waals surface area contributed by atoms with Crippen LogP contribution in [-0.2, 0) is 5.88 Å². The van der Waals surface area contributed by atoms with Gasteiger partial charge in [0.1, 0.15) is 5.88 Å². The van der Waals surface area contributed by atoms with Crippen molar-refractivity contribution >= 4 is 11.6 Å². The zero-order valence-electron chi connectivity index (χ0n) is 7.68. The molecule has 0 amide bonds. The van der Waals surface area contributed by atoms with Gasteiger partial charge in [0.05, 0.1) is 5.56 Å². The normalized spacial score (nSPS) is 10.8. The van der Waals surface area contributed by atoms with Crippen LogP contribution in [0, 0.1) is 17.5 Å². The molecular formula is C9H4ClF3N2O. The SMILES string of the molecule is Fc1ccc(-c2nnc(CCl)o2)c(F)c1F. The summed E-state index contributed by atoms with van der Waals surface area (Å²) >= 11 is 5.40. The molecule has 0 saturated carbocycles. The van der Waals surface area contributed by atoms with Crippen molar-refractivity contribution in [3.63, 3.8) is 0 Å². The predicted molar refractivity (Wildman–Crippen MR) is 49.2 cm³/mol. The van der Waals surface area contributed by atoms with Crippen molar-refractivity contribution in [1.82, 2.24) is 10.2 Å². The standard InChI is InChI=1S/C9H4ClF3N2O/c10-3-6-14-15-9(16-6)4-1-2-5(11)8(13)7(4)12/h1-2H,3H2. The molecule has 3 nitrogen and oxygen atoms in total. The number of hydrogen-bond donors (Lipinski definition) is 0. The molecule has 0 aliphatic rings. The predicted octanol–water partition coefficient (Wildman–Crippen LogP) is 2.89. The summed E-state index contributed by atoms with van der Waals surface area (Å²) in [5, 5.41) is 6.93. The minimum absolute atomic E-state index is 0.0434. The Kier molecular flexibility index (Phi) is 2.82. The third-order valence-corrected chi connectivity index (χ3v) is 2.08. The highest BCUT2D eigenvalue weighted by atomic mass is 35.5. The second kappa shape index (κ2) is 4.13. The van der Waals surface area contributed by atoms with Gasteiger partial charge in [-0.25, -0.2) is 13.2 Å². The van der Waals surface area contributed by atoms with Gasteiger partial charge in [-0.05, 0) is 12.1 Å². The summed E-state index contributed by atoms with van der Waals surface area (Å²) in [7, 11) is 0. The second-order valence-corrected chi connectivity index (χ2v) is 3.12. The number of rotatable bonds is 2. The van der Waals surface area contributed by atoms with Crippen molar-refractivity contribution in [2.45, 2.75) is 5.88 Å². The molecule has 0 fully saturated rings. The maximum absolute atomic E-state index is 13.3.